The molecule has 7 heteroatoms. The molecule has 0 unspecified atom stereocenters. The molecule has 84 valence electrons. The summed E-state index contributed by atoms with van der Waals surface area (Å²) in [7, 11) is 0. The van der Waals surface area contributed by atoms with Gasteiger partial charge in [0.15, 0.2) is 4.34 Å². The Bertz CT molecular complexity index is 529. The lowest BCUT2D eigenvalue weighted by Crippen LogP contribution is -1.90. The summed E-state index contributed by atoms with van der Waals surface area (Å²) in [5.41, 5.74) is 6.03. The zero-order chi connectivity index (χ0) is 11.7. The van der Waals surface area contributed by atoms with Crippen LogP contribution in [-0.2, 0) is 0 Å². The van der Waals surface area contributed by atoms with Crippen molar-refractivity contribution in [3.63, 3.8) is 0 Å². The largest absolute Gasteiger partial charge is 0.398 e. The van der Waals surface area contributed by atoms with Crippen molar-refractivity contribution in [1.29, 1.82) is 0 Å². The van der Waals surface area contributed by atoms with Crippen LogP contribution in [0.1, 0.15) is 5.82 Å². The zero-order valence-electron chi connectivity index (χ0n) is 8.20. The molecule has 1 heterocycles. The number of anilines is 1. The number of nitrogen functional groups attached to an aromatic ring is 1. The number of halogens is 2. The highest BCUT2D eigenvalue weighted by Gasteiger charge is 2.10. The van der Waals surface area contributed by atoms with Crippen molar-refractivity contribution in [2.24, 2.45) is 0 Å². The van der Waals surface area contributed by atoms with E-state index in [4.69, 9.17) is 17.3 Å². The molecule has 1 aromatic heterocycles. The highest BCUT2D eigenvalue weighted by atomic mass is 35.5. The third-order valence-corrected chi connectivity index (χ3v) is 3.96. The van der Waals surface area contributed by atoms with E-state index in [9.17, 15) is 4.39 Å². The van der Waals surface area contributed by atoms with Crippen LogP contribution in [0.3, 0.4) is 0 Å². The van der Waals surface area contributed by atoms with Crippen LogP contribution in [0.25, 0.3) is 0 Å². The van der Waals surface area contributed by atoms with Gasteiger partial charge in [-0.2, -0.15) is 4.37 Å². The lowest BCUT2D eigenvalue weighted by molar-refractivity contribution is 0.628. The number of nitrogens with two attached hydrogens (primary N) is 1. The summed E-state index contributed by atoms with van der Waals surface area (Å²) >= 11 is 8.28. The molecule has 2 rings (SSSR count). The van der Waals surface area contributed by atoms with Gasteiger partial charge in [0.2, 0.25) is 0 Å². The molecule has 0 bridgehead atoms. The van der Waals surface area contributed by atoms with Gasteiger partial charge in [-0.1, -0.05) is 23.4 Å². The normalized spacial score (nSPS) is 10.7. The maximum atomic E-state index is 13.1. The quantitative estimate of drug-likeness (QED) is 0.854. The summed E-state index contributed by atoms with van der Waals surface area (Å²) in [6.07, 6.45) is 0. The topological polar surface area (TPSA) is 51.8 Å². The van der Waals surface area contributed by atoms with Gasteiger partial charge in [0.25, 0.3) is 0 Å². The van der Waals surface area contributed by atoms with E-state index < -0.39 is 5.82 Å². The maximum Gasteiger partial charge on any atom is 0.174 e. The molecular weight excluding hydrogens is 269 g/mol. The van der Waals surface area contributed by atoms with Crippen molar-refractivity contribution in [2.75, 3.05) is 5.73 Å². The second kappa shape index (κ2) is 4.57. The summed E-state index contributed by atoms with van der Waals surface area (Å²) in [5, 5.41) is 0.0536. The Labute approximate surface area is 105 Å². The fourth-order valence-electron chi connectivity index (χ4n) is 1.05. The van der Waals surface area contributed by atoms with Crippen molar-refractivity contribution in [3.05, 3.63) is 28.8 Å². The highest BCUT2D eigenvalue weighted by Crippen LogP contribution is 2.35. The second-order valence-electron chi connectivity index (χ2n) is 3.01. The van der Waals surface area contributed by atoms with Crippen LogP contribution in [0, 0.1) is 12.7 Å². The molecule has 0 fully saturated rings. The Hall–Kier alpha value is -0.850. The number of benzene rings is 1. The van der Waals surface area contributed by atoms with E-state index >= 15 is 0 Å². The number of aryl methyl sites for hydroxylation is 1. The summed E-state index contributed by atoms with van der Waals surface area (Å²) in [6, 6.07) is 2.70. The smallest absolute Gasteiger partial charge is 0.174 e. The number of hydrogen-bond donors (Lipinski definition) is 1. The molecule has 1 aromatic carbocycles. The van der Waals surface area contributed by atoms with E-state index in [0.717, 1.165) is 4.34 Å². The van der Waals surface area contributed by atoms with Gasteiger partial charge in [-0.25, -0.2) is 9.37 Å². The Morgan fingerprint density at radius 1 is 1.50 bits per heavy atom. The highest BCUT2D eigenvalue weighted by molar-refractivity contribution is 8.01. The summed E-state index contributed by atoms with van der Waals surface area (Å²) < 4.78 is 17.9. The maximum absolute atomic E-state index is 13.1. The van der Waals surface area contributed by atoms with Gasteiger partial charge in [-0.3, -0.25) is 0 Å². The van der Waals surface area contributed by atoms with Crippen LogP contribution < -0.4 is 5.73 Å². The van der Waals surface area contributed by atoms with Crippen LogP contribution in [0.4, 0.5) is 10.1 Å². The Balaban J connectivity index is 2.31. The van der Waals surface area contributed by atoms with E-state index in [0.29, 0.717) is 16.4 Å². The first-order valence-electron chi connectivity index (χ1n) is 4.29. The first-order valence-corrected chi connectivity index (χ1v) is 6.25. The molecule has 0 radical (unpaired) electrons. The average Bonchev–Trinajstić information content (AvgIpc) is 2.60. The molecule has 0 spiro atoms. The van der Waals surface area contributed by atoms with E-state index in [2.05, 4.69) is 9.36 Å². The monoisotopic (exact) mass is 275 g/mol. The van der Waals surface area contributed by atoms with Crippen molar-refractivity contribution >= 4 is 40.6 Å². The number of rotatable bonds is 2. The van der Waals surface area contributed by atoms with Gasteiger partial charge in [-0.05, 0) is 30.6 Å². The lowest BCUT2D eigenvalue weighted by Gasteiger charge is -2.04. The summed E-state index contributed by atoms with van der Waals surface area (Å²) in [4.78, 5) is 4.86. The first-order chi connectivity index (χ1) is 7.56. The summed E-state index contributed by atoms with van der Waals surface area (Å²) in [5.74, 6) is 0.191. The van der Waals surface area contributed by atoms with Crippen LogP contribution in [0.2, 0.25) is 5.02 Å². The van der Waals surface area contributed by atoms with Crippen molar-refractivity contribution in [3.8, 4) is 0 Å². The van der Waals surface area contributed by atoms with Crippen LogP contribution in [0.5, 0.6) is 0 Å². The molecule has 2 aromatic rings. The Kier molecular flexibility index (Phi) is 3.32. The van der Waals surface area contributed by atoms with Gasteiger partial charge in [-0.15, -0.1) is 0 Å². The van der Waals surface area contributed by atoms with Crippen molar-refractivity contribution in [1.82, 2.24) is 9.36 Å². The molecule has 16 heavy (non-hydrogen) atoms. The third kappa shape index (κ3) is 2.45. The molecular formula is C9H7ClFN3S2. The lowest BCUT2D eigenvalue weighted by atomic mass is 10.3. The minimum absolute atomic E-state index is 0.0536. The fourth-order valence-corrected chi connectivity index (χ4v) is 2.95. The molecule has 0 saturated heterocycles. The number of nitrogens with zero attached hydrogens (tertiary/aromatic N) is 2. The minimum Gasteiger partial charge on any atom is -0.398 e. The third-order valence-electron chi connectivity index (χ3n) is 1.76. The van der Waals surface area contributed by atoms with Crippen LogP contribution in [0.15, 0.2) is 21.4 Å². The van der Waals surface area contributed by atoms with Gasteiger partial charge in [0, 0.05) is 10.6 Å². The standard InChI is InChI=1S/C9H7ClFN3S2/c1-4-13-9(16-14-4)15-8-2-5(10)6(11)3-7(8)12/h2-3H,12H2,1H3. The van der Waals surface area contributed by atoms with Crippen molar-refractivity contribution < 1.29 is 4.39 Å². The predicted molar refractivity (Wildman–Crippen MR) is 64.6 cm³/mol. The average molecular weight is 276 g/mol. The van der Waals surface area contributed by atoms with E-state index in [1.54, 1.807) is 0 Å². The van der Waals surface area contributed by atoms with E-state index in [1.165, 1.54) is 35.4 Å². The molecule has 0 saturated carbocycles. The summed E-state index contributed by atoms with van der Waals surface area (Å²) in [6.45, 7) is 1.81. The van der Waals surface area contributed by atoms with Gasteiger partial charge in [0.05, 0.1) is 5.02 Å². The Morgan fingerprint density at radius 3 is 2.88 bits per heavy atom. The predicted octanol–water partition coefficient (Wildman–Crippen LogP) is 3.37. The molecule has 0 aliphatic carbocycles. The minimum atomic E-state index is -0.517. The van der Waals surface area contributed by atoms with E-state index in [-0.39, 0.29) is 5.02 Å². The first kappa shape index (κ1) is 11.6. The number of aromatic nitrogens is 2. The number of hydrogen-bond acceptors (Lipinski definition) is 5. The van der Waals surface area contributed by atoms with Crippen LogP contribution in [-0.4, -0.2) is 9.36 Å². The molecule has 0 amide bonds. The molecule has 0 aliphatic heterocycles. The molecule has 3 nitrogen and oxygen atoms in total. The second-order valence-corrected chi connectivity index (χ2v) is 5.46. The SMILES string of the molecule is Cc1nsc(Sc2cc(Cl)c(F)cc2N)n1. The molecule has 2 N–H and O–H groups in total. The van der Waals surface area contributed by atoms with Gasteiger partial charge < -0.3 is 5.73 Å². The fraction of sp³-hybridized carbons (Fsp3) is 0.111. The Morgan fingerprint density at radius 2 is 2.25 bits per heavy atom. The molecule has 0 aliphatic rings. The van der Waals surface area contributed by atoms with Crippen molar-refractivity contribution in [2.45, 2.75) is 16.2 Å². The van der Waals surface area contributed by atoms with Crippen LogP contribution >= 0.6 is 34.9 Å². The van der Waals surface area contributed by atoms with Gasteiger partial charge in [0.1, 0.15) is 11.6 Å². The van der Waals surface area contributed by atoms with E-state index in [1.807, 2.05) is 6.92 Å². The zero-order valence-corrected chi connectivity index (χ0v) is 10.6. The molecule has 0 atom stereocenters. The van der Waals surface area contributed by atoms with Gasteiger partial charge >= 0.3 is 0 Å².